The van der Waals surface area contributed by atoms with Crippen molar-refractivity contribution in [2.45, 2.75) is 26.8 Å². The Morgan fingerprint density at radius 1 is 1.29 bits per heavy atom. The van der Waals surface area contributed by atoms with Gasteiger partial charge in [0, 0.05) is 11.7 Å². The van der Waals surface area contributed by atoms with Crippen molar-refractivity contribution >= 4 is 0 Å². The predicted octanol–water partition coefficient (Wildman–Crippen LogP) is 2.16. The third-order valence-electron chi connectivity index (χ3n) is 2.90. The van der Waals surface area contributed by atoms with Gasteiger partial charge in [-0.15, -0.1) is 0 Å². The molecule has 0 bridgehead atoms. The quantitative estimate of drug-likeness (QED) is 0.878. The zero-order valence-corrected chi connectivity index (χ0v) is 10.7. The molecule has 1 N–H and O–H groups in total. The van der Waals surface area contributed by atoms with Crippen molar-refractivity contribution in [1.29, 1.82) is 0 Å². The molecule has 0 aliphatic heterocycles. The van der Waals surface area contributed by atoms with Crippen molar-refractivity contribution in [2.24, 2.45) is 0 Å². The highest BCUT2D eigenvalue weighted by Crippen LogP contribution is 2.14. The van der Waals surface area contributed by atoms with Gasteiger partial charge in [0.1, 0.15) is 0 Å². The number of pyridine rings is 1. The summed E-state index contributed by atoms with van der Waals surface area (Å²) in [5, 5.41) is 7.61. The Bertz CT molecular complexity index is 499. The van der Waals surface area contributed by atoms with Gasteiger partial charge in [-0.1, -0.05) is 0 Å². The zero-order chi connectivity index (χ0) is 12.4. The summed E-state index contributed by atoms with van der Waals surface area (Å²) >= 11 is 0. The second-order valence-corrected chi connectivity index (χ2v) is 4.29. The van der Waals surface area contributed by atoms with Crippen LogP contribution in [-0.4, -0.2) is 21.8 Å². The predicted molar refractivity (Wildman–Crippen MR) is 68.3 cm³/mol. The molecule has 0 aliphatic rings. The Hall–Kier alpha value is -1.68. The van der Waals surface area contributed by atoms with Crippen LogP contribution in [0.2, 0.25) is 0 Å². The maximum absolute atomic E-state index is 4.45. The minimum atomic E-state index is 0.268. The first kappa shape index (κ1) is 11.8. The van der Waals surface area contributed by atoms with Crippen LogP contribution in [0.4, 0.5) is 0 Å². The normalized spacial score (nSPS) is 12.7. The average molecular weight is 230 g/mol. The first-order chi connectivity index (χ1) is 8.11. The van der Waals surface area contributed by atoms with Crippen LogP contribution in [0.5, 0.6) is 0 Å². The molecule has 0 saturated carbocycles. The standard InChI is InChI=1S/C13H18N4/c1-9-7-10(2)17(16-9)12-5-6-13(15-8-12)11(3)14-4/h5-8,11,14H,1-4H3. The van der Waals surface area contributed by atoms with Gasteiger partial charge in [-0.3, -0.25) is 4.98 Å². The summed E-state index contributed by atoms with van der Waals surface area (Å²) in [5.41, 5.74) is 4.19. The first-order valence-corrected chi connectivity index (χ1v) is 5.78. The van der Waals surface area contributed by atoms with Gasteiger partial charge in [-0.2, -0.15) is 5.10 Å². The van der Waals surface area contributed by atoms with Crippen molar-refractivity contribution < 1.29 is 0 Å². The van der Waals surface area contributed by atoms with Crippen molar-refractivity contribution in [3.8, 4) is 5.69 Å². The second-order valence-electron chi connectivity index (χ2n) is 4.29. The highest BCUT2D eigenvalue weighted by Gasteiger charge is 2.06. The molecule has 2 aromatic rings. The minimum absolute atomic E-state index is 0.268. The molecule has 2 heterocycles. The molecule has 0 fully saturated rings. The molecule has 0 aliphatic carbocycles. The fourth-order valence-corrected chi connectivity index (χ4v) is 1.82. The number of rotatable bonds is 3. The van der Waals surface area contributed by atoms with Gasteiger partial charge in [0.05, 0.1) is 23.3 Å². The van der Waals surface area contributed by atoms with Crippen LogP contribution in [0.25, 0.3) is 5.69 Å². The van der Waals surface area contributed by atoms with Gasteiger partial charge in [-0.05, 0) is 46.0 Å². The molecule has 1 unspecified atom stereocenters. The third-order valence-corrected chi connectivity index (χ3v) is 2.90. The van der Waals surface area contributed by atoms with Crippen LogP contribution in [0.15, 0.2) is 24.4 Å². The van der Waals surface area contributed by atoms with Gasteiger partial charge in [0.2, 0.25) is 0 Å². The molecule has 2 aromatic heterocycles. The van der Waals surface area contributed by atoms with Gasteiger partial charge < -0.3 is 5.32 Å². The van der Waals surface area contributed by atoms with E-state index in [0.29, 0.717) is 0 Å². The molecule has 17 heavy (non-hydrogen) atoms. The molecule has 4 nitrogen and oxygen atoms in total. The summed E-state index contributed by atoms with van der Waals surface area (Å²) in [6.45, 7) is 6.13. The maximum Gasteiger partial charge on any atom is 0.0832 e. The van der Waals surface area contributed by atoms with E-state index in [2.05, 4.69) is 34.5 Å². The summed E-state index contributed by atoms with van der Waals surface area (Å²) < 4.78 is 1.91. The lowest BCUT2D eigenvalue weighted by atomic mass is 10.2. The maximum atomic E-state index is 4.45. The number of nitrogens with one attached hydrogen (secondary N) is 1. The lowest BCUT2D eigenvalue weighted by molar-refractivity contribution is 0.632. The molecule has 4 heteroatoms. The minimum Gasteiger partial charge on any atom is -0.312 e. The van der Waals surface area contributed by atoms with E-state index >= 15 is 0 Å². The smallest absolute Gasteiger partial charge is 0.0832 e. The van der Waals surface area contributed by atoms with Gasteiger partial charge in [0.15, 0.2) is 0 Å². The number of hydrogen-bond acceptors (Lipinski definition) is 3. The van der Waals surface area contributed by atoms with Gasteiger partial charge >= 0.3 is 0 Å². The van der Waals surface area contributed by atoms with E-state index in [-0.39, 0.29) is 6.04 Å². The molecule has 90 valence electrons. The van der Waals surface area contributed by atoms with E-state index in [1.165, 1.54) is 0 Å². The Kier molecular flexibility index (Phi) is 3.24. The van der Waals surface area contributed by atoms with Crippen LogP contribution in [0.1, 0.15) is 30.0 Å². The zero-order valence-electron chi connectivity index (χ0n) is 10.7. The second kappa shape index (κ2) is 4.67. The van der Waals surface area contributed by atoms with Crippen LogP contribution in [0.3, 0.4) is 0 Å². The van der Waals surface area contributed by atoms with E-state index in [9.17, 15) is 0 Å². The number of nitrogens with zero attached hydrogens (tertiary/aromatic N) is 3. The SMILES string of the molecule is CNC(C)c1ccc(-n2nc(C)cc2C)cn1. The van der Waals surface area contributed by atoms with E-state index in [1.807, 2.05) is 37.8 Å². The van der Waals surface area contributed by atoms with Gasteiger partial charge in [-0.25, -0.2) is 4.68 Å². The highest BCUT2D eigenvalue weighted by atomic mass is 15.3. The molecular formula is C13H18N4. The van der Waals surface area contributed by atoms with E-state index in [0.717, 1.165) is 22.8 Å². The van der Waals surface area contributed by atoms with Crippen LogP contribution < -0.4 is 5.32 Å². The van der Waals surface area contributed by atoms with Crippen molar-refractivity contribution in [3.63, 3.8) is 0 Å². The topological polar surface area (TPSA) is 42.7 Å². The number of hydrogen-bond donors (Lipinski definition) is 1. The third kappa shape index (κ3) is 2.36. The van der Waals surface area contributed by atoms with Crippen LogP contribution in [0, 0.1) is 13.8 Å². The lowest BCUT2D eigenvalue weighted by Gasteiger charge is -2.10. The molecule has 0 spiro atoms. The fourth-order valence-electron chi connectivity index (χ4n) is 1.82. The molecule has 0 aromatic carbocycles. The van der Waals surface area contributed by atoms with E-state index < -0.39 is 0 Å². The molecular weight excluding hydrogens is 212 g/mol. The van der Waals surface area contributed by atoms with Crippen molar-refractivity contribution in [2.75, 3.05) is 7.05 Å². The molecule has 0 saturated heterocycles. The van der Waals surface area contributed by atoms with Crippen LogP contribution >= 0.6 is 0 Å². The summed E-state index contributed by atoms with van der Waals surface area (Å²) in [6.07, 6.45) is 1.86. The Morgan fingerprint density at radius 3 is 2.53 bits per heavy atom. The summed E-state index contributed by atoms with van der Waals surface area (Å²) in [5.74, 6) is 0. The number of aromatic nitrogens is 3. The monoisotopic (exact) mass is 230 g/mol. The van der Waals surface area contributed by atoms with Crippen molar-refractivity contribution in [3.05, 3.63) is 41.5 Å². The Morgan fingerprint density at radius 2 is 2.06 bits per heavy atom. The highest BCUT2D eigenvalue weighted by molar-refractivity contribution is 5.32. The van der Waals surface area contributed by atoms with Crippen molar-refractivity contribution in [1.82, 2.24) is 20.1 Å². The van der Waals surface area contributed by atoms with E-state index in [4.69, 9.17) is 0 Å². The largest absolute Gasteiger partial charge is 0.312 e. The molecule has 1 atom stereocenters. The van der Waals surface area contributed by atoms with Crippen LogP contribution in [-0.2, 0) is 0 Å². The average Bonchev–Trinajstić information content (AvgIpc) is 2.68. The molecule has 2 rings (SSSR count). The summed E-state index contributed by atoms with van der Waals surface area (Å²) in [6, 6.07) is 6.41. The summed E-state index contributed by atoms with van der Waals surface area (Å²) in [4.78, 5) is 4.45. The van der Waals surface area contributed by atoms with E-state index in [1.54, 1.807) is 0 Å². The lowest BCUT2D eigenvalue weighted by Crippen LogP contribution is -2.14. The number of aryl methyl sites for hydroxylation is 2. The Labute approximate surface area is 102 Å². The molecule has 0 amide bonds. The molecule has 0 radical (unpaired) electrons. The Balaban J connectivity index is 2.32. The first-order valence-electron chi connectivity index (χ1n) is 5.78. The fraction of sp³-hybridized carbons (Fsp3) is 0.385. The van der Waals surface area contributed by atoms with Gasteiger partial charge in [0.25, 0.3) is 0 Å². The summed E-state index contributed by atoms with van der Waals surface area (Å²) in [7, 11) is 1.93.